The van der Waals surface area contributed by atoms with Crippen molar-refractivity contribution < 1.29 is 0 Å². The van der Waals surface area contributed by atoms with Gasteiger partial charge in [-0.2, -0.15) is 5.26 Å². The van der Waals surface area contributed by atoms with Crippen molar-refractivity contribution in [3.8, 4) is 6.07 Å². The maximum absolute atomic E-state index is 9.03. The Kier molecular flexibility index (Phi) is 3.08. The molecular formula is C12H20N2. The lowest BCUT2D eigenvalue weighted by Crippen LogP contribution is -2.49. The van der Waals surface area contributed by atoms with Crippen LogP contribution < -0.4 is 5.32 Å². The lowest BCUT2D eigenvalue weighted by Gasteiger charge is -2.39. The van der Waals surface area contributed by atoms with Crippen LogP contribution in [0.15, 0.2) is 0 Å². The van der Waals surface area contributed by atoms with E-state index in [-0.39, 0.29) is 5.92 Å². The van der Waals surface area contributed by atoms with Crippen LogP contribution in [-0.4, -0.2) is 12.1 Å². The molecule has 1 N–H and O–H groups in total. The number of nitrogens with zero attached hydrogens (tertiary/aromatic N) is 1. The minimum Gasteiger partial charge on any atom is -0.310 e. The molecule has 2 atom stereocenters. The molecule has 0 bridgehead atoms. The molecule has 0 heterocycles. The lowest BCUT2D eigenvalue weighted by molar-refractivity contribution is 0.188. The zero-order valence-electron chi connectivity index (χ0n) is 9.00. The molecule has 2 fully saturated rings. The van der Waals surface area contributed by atoms with Crippen LogP contribution in [0.25, 0.3) is 0 Å². The summed E-state index contributed by atoms with van der Waals surface area (Å²) >= 11 is 0. The molecule has 0 spiro atoms. The summed E-state index contributed by atoms with van der Waals surface area (Å²) in [5, 5.41) is 12.7. The number of hydrogen-bond acceptors (Lipinski definition) is 2. The van der Waals surface area contributed by atoms with Crippen LogP contribution in [0.4, 0.5) is 0 Å². The third kappa shape index (κ3) is 2.09. The Bertz CT molecular complexity index is 225. The average Bonchev–Trinajstić information content (AvgIpc) is 2.16. The third-order valence-electron chi connectivity index (χ3n) is 3.76. The molecule has 2 heteroatoms. The molecule has 14 heavy (non-hydrogen) atoms. The molecule has 2 nitrogen and oxygen atoms in total. The first-order chi connectivity index (χ1) is 6.79. The minimum atomic E-state index is 0.277. The smallest absolute Gasteiger partial charge is 0.0672 e. The van der Waals surface area contributed by atoms with Gasteiger partial charge in [0.2, 0.25) is 0 Å². The van der Waals surface area contributed by atoms with Gasteiger partial charge in [-0.05, 0) is 31.6 Å². The maximum Gasteiger partial charge on any atom is 0.0672 e. The molecule has 0 aromatic heterocycles. The fourth-order valence-corrected chi connectivity index (χ4v) is 2.83. The number of nitriles is 1. The summed E-state index contributed by atoms with van der Waals surface area (Å²) in [4.78, 5) is 0. The molecule has 2 saturated carbocycles. The molecule has 2 unspecified atom stereocenters. The molecule has 0 saturated heterocycles. The second-order valence-electron chi connectivity index (χ2n) is 5.07. The average molecular weight is 192 g/mol. The predicted octanol–water partition coefficient (Wildman–Crippen LogP) is 2.46. The molecule has 0 aromatic carbocycles. The molecule has 0 radical (unpaired) electrons. The number of rotatable bonds is 2. The summed E-state index contributed by atoms with van der Waals surface area (Å²) in [7, 11) is 0. The summed E-state index contributed by atoms with van der Waals surface area (Å²) in [5.41, 5.74) is 0. The van der Waals surface area contributed by atoms with Crippen LogP contribution in [0.5, 0.6) is 0 Å². The van der Waals surface area contributed by atoms with Crippen LogP contribution in [0.2, 0.25) is 0 Å². The van der Waals surface area contributed by atoms with E-state index < -0.39 is 0 Å². The van der Waals surface area contributed by atoms with E-state index in [1.165, 1.54) is 32.1 Å². The van der Waals surface area contributed by atoms with Crippen molar-refractivity contribution in [1.82, 2.24) is 5.32 Å². The van der Waals surface area contributed by atoms with Crippen molar-refractivity contribution in [3.63, 3.8) is 0 Å². The highest BCUT2D eigenvalue weighted by atomic mass is 15.0. The zero-order chi connectivity index (χ0) is 9.97. The second-order valence-corrected chi connectivity index (χ2v) is 5.07. The zero-order valence-corrected chi connectivity index (χ0v) is 9.00. The Labute approximate surface area is 86.7 Å². The van der Waals surface area contributed by atoms with Gasteiger partial charge in [-0.1, -0.05) is 19.8 Å². The third-order valence-corrected chi connectivity index (χ3v) is 3.76. The molecular weight excluding hydrogens is 172 g/mol. The van der Waals surface area contributed by atoms with E-state index in [1.54, 1.807) is 0 Å². The first-order valence-electron chi connectivity index (χ1n) is 5.95. The van der Waals surface area contributed by atoms with Gasteiger partial charge < -0.3 is 5.32 Å². The van der Waals surface area contributed by atoms with Crippen molar-refractivity contribution in [1.29, 1.82) is 5.26 Å². The highest BCUT2D eigenvalue weighted by Gasteiger charge is 2.31. The Morgan fingerprint density at radius 1 is 1.21 bits per heavy atom. The van der Waals surface area contributed by atoms with E-state index in [4.69, 9.17) is 5.26 Å². The van der Waals surface area contributed by atoms with Crippen LogP contribution in [0.3, 0.4) is 0 Å². The Morgan fingerprint density at radius 3 is 2.57 bits per heavy atom. The molecule has 0 aliphatic heterocycles. The summed E-state index contributed by atoms with van der Waals surface area (Å²) in [6.07, 6.45) is 7.50. The van der Waals surface area contributed by atoms with Gasteiger partial charge in [-0.25, -0.2) is 0 Å². The second kappa shape index (κ2) is 4.31. The van der Waals surface area contributed by atoms with Gasteiger partial charge in [-0.15, -0.1) is 0 Å². The van der Waals surface area contributed by atoms with Gasteiger partial charge in [0.1, 0.15) is 0 Å². The fraction of sp³-hybridized carbons (Fsp3) is 0.917. The minimum absolute atomic E-state index is 0.277. The monoisotopic (exact) mass is 192 g/mol. The van der Waals surface area contributed by atoms with Crippen LogP contribution in [0.1, 0.15) is 45.4 Å². The molecule has 2 aliphatic rings. The van der Waals surface area contributed by atoms with Crippen molar-refractivity contribution in [2.45, 2.75) is 57.5 Å². The lowest BCUT2D eigenvalue weighted by atomic mass is 9.79. The Hall–Kier alpha value is -0.550. The fourth-order valence-electron chi connectivity index (χ4n) is 2.83. The highest BCUT2D eigenvalue weighted by Crippen LogP contribution is 2.30. The van der Waals surface area contributed by atoms with Crippen LogP contribution in [-0.2, 0) is 0 Å². The van der Waals surface area contributed by atoms with Gasteiger partial charge in [-0.3, -0.25) is 0 Å². The number of nitrogens with one attached hydrogen (secondary N) is 1. The van der Waals surface area contributed by atoms with Crippen molar-refractivity contribution in [3.05, 3.63) is 0 Å². The van der Waals surface area contributed by atoms with E-state index in [1.807, 2.05) is 0 Å². The SMILES string of the molecule is CC1CC(NC2CCCCC2C#N)C1. The molecule has 2 aliphatic carbocycles. The normalized spacial score (nSPS) is 42.6. The first kappa shape index (κ1) is 9.98. The summed E-state index contributed by atoms with van der Waals surface area (Å²) < 4.78 is 0. The van der Waals surface area contributed by atoms with Gasteiger partial charge in [0.25, 0.3) is 0 Å². The van der Waals surface area contributed by atoms with Crippen molar-refractivity contribution in [2.24, 2.45) is 11.8 Å². The van der Waals surface area contributed by atoms with Crippen LogP contribution >= 0.6 is 0 Å². The predicted molar refractivity (Wildman–Crippen MR) is 56.7 cm³/mol. The van der Waals surface area contributed by atoms with E-state index in [2.05, 4.69) is 18.3 Å². The first-order valence-corrected chi connectivity index (χ1v) is 5.95. The highest BCUT2D eigenvalue weighted by molar-refractivity contribution is 4.97. The Balaban J connectivity index is 1.80. The van der Waals surface area contributed by atoms with Gasteiger partial charge in [0, 0.05) is 12.1 Å². The molecule has 0 aromatic rings. The van der Waals surface area contributed by atoms with Gasteiger partial charge in [0.05, 0.1) is 12.0 Å². The summed E-state index contributed by atoms with van der Waals surface area (Å²) in [5.74, 6) is 1.18. The van der Waals surface area contributed by atoms with E-state index in [0.29, 0.717) is 12.1 Å². The van der Waals surface area contributed by atoms with Gasteiger partial charge >= 0.3 is 0 Å². The number of hydrogen-bond donors (Lipinski definition) is 1. The van der Waals surface area contributed by atoms with Crippen molar-refractivity contribution in [2.75, 3.05) is 0 Å². The molecule has 78 valence electrons. The summed E-state index contributed by atoms with van der Waals surface area (Å²) in [6, 6.07) is 3.66. The molecule has 2 rings (SSSR count). The standard InChI is InChI=1S/C12H20N2/c1-9-6-11(7-9)14-12-5-3-2-4-10(12)8-13/h9-12,14H,2-7H2,1H3. The van der Waals surface area contributed by atoms with E-state index in [9.17, 15) is 0 Å². The topological polar surface area (TPSA) is 35.8 Å². The van der Waals surface area contributed by atoms with Gasteiger partial charge in [0.15, 0.2) is 0 Å². The Morgan fingerprint density at radius 2 is 1.93 bits per heavy atom. The maximum atomic E-state index is 9.03. The van der Waals surface area contributed by atoms with Crippen LogP contribution in [0, 0.1) is 23.2 Å². The van der Waals surface area contributed by atoms with E-state index >= 15 is 0 Å². The largest absolute Gasteiger partial charge is 0.310 e. The van der Waals surface area contributed by atoms with E-state index in [0.717, 1.165) is 12.3 Å². The van der Waals surface area contributed by atoms with Crippen molar-refractivity contribution >= 4 is 0 Å². The molecule has 0 amide bonds. The summed E-state index contributed by atoms with van der Waals surface area (Å²) in [6.45, 7) is 2.31. The quantitative estimate of drug-likeness (QED) is 0.729.